The topological polar surface area (TPSA) is 112 Å². The first-order chi connectivity index (χ1) is 17.3. The molecular formula is C28H28N2O6S. The Bertz CT molecular complexity index is 1500. The number of hydrogen-bond donors (Lipinski definition) is 1. The van der Waals surface area contributed by atoms with E-state index in [9.17, 15) is 27.9 Å². The number of aryl methyl sites for hydroxylation is 4. The van der Waals surface area contributed by atoms with Crippen LogP contribution in [0.3, 0.4) is 0 Å². The van der Waals surface area contributed by atoms with Gasteiger partial charge in [-0.15, -0.1) is 6.58 Å². The van der Waals surface area contributed by atoms with Gasteiger partial charge in [0, 0.05) is 0 Å². The molecule has 9 heteroatoms. The van der Waals surface area contributed by atoms with Gasteiger partial charge in [0.15, 0.2) is 5.60 Å². The van der Waals surface area contributed by atoms with Crippen molar-refractivity contribution in [2.75, 3.05) is 4.90 Å². The average molecular weight is 521 g/mol. The molecule has 0 radical (unpaired) electrons. The van der Waals surface area contributed by atoms with Crippen molar-refractivity contribution < 1.29 is 27.9 Å². The highest BCUT2D eigenvalue weighted by Gasteiger charge is 2.72. The summed E-state index contributed by atoms with van der Waals surface area (Å²) >= 11 is 0. The number of rotatable bonds is 5. The molecule has 3 heterocycles. The van der Waals surface area contributed by atoms with E-state index in [2.05, 4.69) is 6.58 Å². The number of fused-ring (bicyclic) bond motifs is 1. The molecule has 0 aromatic heterocycles. The fourth-order valence-electron chi connectivity index (χ4n) is 6.17. The average Bonchev–Trinajstić information content (AvgIpc) is 3.07. The lowest BCUT2D eigenvalue weighted by molar-refractivity contribution is -0.166. The second-order valence-electron chi connectivity index (χ2n) is 10.1. The van der Waals surface area contributed by atoms with Gasteiger partial charge in [-0.2, -0.15) is 0 Å². The van der Waals surface area contributed by atoms with Crippen LogP contribution in [0.2, 0.25) is 0 Å². The number of nitrogens with zero attached hydrogens (tertiary/aromatic N) is 2. The lowest BCUT2D eigenvalue weighted by atomic mass is 9.63. The molecular weight excluding hydrogens is 492 g/mol. The summed E-state index contributed by atoms with van der Waals surface area (Å²) in [6, 6.07) is 8.85. The molecule has 8 nitrogen and oxygen atoms in total. The van der Waals surface area contributed by atoms with Crippen molar-refractivity contribution in [2.45, 2.75) is 50.7 Å². The minimum Gasteiger partial charge on any atom is -0.375 e. The van der Waals surface area contributed by atoms with Gasteiger partial charge in [-0.25, -0.2) is 17.6 Å². The van der Waals surface area contributed by atoms with Crippen molar-refractivity contribution >= 4 is 33.4 Å². The molecule has 6 rings (SSSR count). The summed E-state index contributed by atoms with van der Waals surface area (Å²) in [6.45, 7) is 10.7. The number of sulfonamides is 1. The molecule has 3 aliphatic heterocycles. The van der Waals surface area contributed by atoms with E-state index in [-0.39, 0.29) is 16.9 Å². The van der Waals surface area contributed by atoms with E-state index < -0.39 is 51.2 Å². The van der Waals surface area contributed by atoms with E-state index in [0.29, 0.717) is 21.1 Å². The Morgan fingerprint density at radius 3 is 2.14 bits per heavy atom. The number of aliphatic hydroxyl groups is 1. The monoisotopic (exact) mass is 520 g/mol. The SMILES string of the molecule is C=CCC1=C[C@@H]2[C@@H]3C(=O)N(c4ccc(C)cc4)C(=O)[C@@H]3[C@@]1(O)C(=O)N2S(=O)(=O)c1c(C)cc(C)cc1C. The molecule has 0 spiro atoms. The van der Waals surface area contributed by atoms with E-state index in [1.807, 2.05) is 13.8 Å². The second kappa shape index (κ2) is 8.22. The first-order valence-corrected chi connectivity index (χ1v) is 13.4. The Morgan fingerprint density at radius 1 is 0.973 bits per heavy atom. The summed E-state index contributed by atoms with van der Waals surface area (Å²) in [5.74, 6) is -5.20. The number of carbonyl (C=O) groups excluding carboxylic acids is 3. The van der Waals surface area contributed by atoms with Crippen molar-refractivity contribution in [2.24, 2.45) is 11.8 Å². The Morgan fingerprint density at radius 2 is 1.57 bits per heavy atom. The fourth-order valence-corrected chi connectivity index (χ4v) is 8.17. The van der Waals surface area contributed by atoms with Gasteiger partial charge in [0.1, 0.15) is 0 Å². The number of anilines is 1. The largest absolute Gasteiger partial charge is 0.375 e. The molecule has 2 aromatic rings. The summed E-state index contributed by atoms with van der Waals surface area (Å²) < 4.78 is 28.7. The van der Waals surface area contributed by atoms with Crippen LogP contribution in [0.4, 0.5) is 5.69 Å². The number of amides is 3. The molecule has 192 valence electrons. The van der Waals surface area contributed by atoms with Crippen LogP contribution >= 0.6 is 0 Å². The summed E-state index contributed by atoms with van der Waals surface area (Å²) in [4.78, 5) is 42.2. The number of carbonyl (C=O) groups is 3. The maximum absolute atomic E-state index is 14.0. The van der Waals surface area contributed by atoms with Gasteiger partial charge in [-0.05, 0) is 62.9 Å². The van der Waals surface area contributed by atoms with E-state index in [1.54, 1.807) is 50.2 Å². The molecule has 1 N–H and O–H groups in total. The van der Waals surface area contributed by atoms with Crippen LogP contribution in [-0.4, -0.2) is 47.2 Å². The normalized spacial score (nSPS) is 27.0. The zero-order chi connectivity index (χ0) is 27.0. The number of allylic oxidation sites excluding steroid dienone is 1. The van der Waals surface area contributed by atoms with Crippen molar-refractivity contribution in [3.8, 4) is 0 Å². The van der Waals surface area contributed by atoms with Gasteiger partial charge >= 0.3 is 0 Å². The van der Waals surface area contributed by atoms with E-state index in [1.165, 1.54) is 12.2 Å². The molecule has 0 unspecified atom stereocenters. The van der Waals surface area contributed by atoms with Crippen molar-refractivity contribution in [3.05, 3.63) is 83.0 Å². The lowest BCUT2D eigenvalue weighted by Gasteiger charge is -2.51. The summed E-state index contributed by atoms with van der Waals surface area (Å²) in [5, 5.41) is 11.9. The lowest BCUT2D eigenvalue weighted by Crippen LogP contribution is -2.71. The van der Waals surface area contributed by atoms with Crippen LogP contribution in [0, 0.1) is 39.5 Å². The molecule has 3 amide bonds. The highest BCUT2D eigenvalue weighted by molar-refractivity contribution is 7.89. The van der Waals surface area contributed by atoms with Crippen LogP contribution in [0.5, 0.6) is 0 Å². The van der Waals surface area contributed by atoms with Crippen molar-refractivity contribution in [1.82, 2.24) is 4.31 Å². The summed E-state index contributed by atoms with van der Waals surface area (Å²) in [7, 11) is -4.49. The van der Waals surface area contributed by atoms with Crippen LogP contribution in [0.1, 0.15) is 28.7 Å². The predicted molar refractivity (Wildman–Crippen MR) is 137 cm³/mol. The number of benzene rings is 2. The maximum Gasteiger partial charge on any atom is 0.274 e. The molecule has 37 heavy (non-hydrogen) atoms. The molecule has 2 saturated heterocycles. The number of imide groups is 1. The van der Waals surface area contributed by atoms with E-state index in [4.69, 9.17) is 0 Å². The molecule has 4 aliphatic rings. The Labute approximate surface area is 215 Å². The Hall–Kier alpha value is -3.56. The van der Waals surface area contributed by atoms with Crippen LogP contribution in [0.15, 0.2) is 65.6 Å². The standard InChI is InChI=1S/C28H28N2O6S/c1-6-7-19-14-21-22-23(26(32)29(25(22)31)20-10-8-15(2)9-11-20)28(19,34)27(33)30(21)37(35,36)24-17(4)12-16(3)13-18(24)5/h6,8-14,21-23,34H,1,7H2,2-5H3/t21-,22+,23-,28-/m1/s1. The summed E-state index contributed by atoms with van der Waals surface area (Å²) in [5.41, 5.74) is 0.647. The van der Waals surface area contributed by atoms with Crippen molar-refractivity contribution in [3.63, 3.8) is 0 Å². The molecule has 2 fully saturated rings. The third-order valence-electron chi connectivity index (χ3n) is 7.61. The molecule has 1 aliphatic carbocycles. The van der Waals surface area contributed by atoms with Gasteiger partial charge in [-0.1, -0.05) is 47.5 Å². The van der Waals surface area contributed by atoms with E-state index >= 15 is 0 Å². The number of hydrogen-bond acceptors (Lipinski definition) is 6. The maximum atomic E-state index is 14.0. The molecule has 4 atom stereocenters. The molecule has 0 saturated carbocycles. The van der Waals surface area contributed by atoms with Gasteiger partial charge in [0.25, 0.3) is 15.9 Å². The summed E-state index contributed by atoms with van der Waals surface area (Å²) in [6.07, 6.45) is 2.98. The fraction of sp³-hybridized carbons (Fsp3) is 0.321. The van der Waals surface area contributed by atoms with Crippen molar-refractivity contribution in [1.29, 1.82) is 0 Å². The highest BCUT2D eigenvalue weighted by atomic mass is 32.2. The first-order valence-electron chi connectivity index (χ1n) is 12.0. The van der Waals surface area contributed by atoms with Crippen LogP contribution in [0.25, 0.3) is 0 Å². The third kappa shape index (κ3) is 3.30. The highest BCUT2D eigenvalue weighted by Crippen LogP contribution is 2.54. The number of piperidine rings is 1. The van der Waals surface area contributed by atoms with Gasteiger partial charge < -0.3 is 5.11 Å². The zero-order valence-corrected chi connectivity index (χ0v) is 21.9. The Balaban J connectivity index is 1.71. The minimum absolute atomic E-state index is 0.0509. The quantitative estimate of drug-likeness (QED) is 0.479. The first kappa shape index (κ1) is 25.1. The van der Waals surface area contributed by atoms with E-state index in [0.717, 1.165) is 16.0 Å². The predicted octanol–water partition coefficient (Wildman–Crippen LogP) is 2.87. The molecule has 2 bridgehead atoms. The zero-order valence-electron chi connectivity index (χ0n) is 21.1. The van der Waals surface area contributed by atoms with Gasteiger partial charge in [0.05, 0.1) is 28.5 Å². The Kier molecular flexibility index (Phi) is 5.58. The smallest absolute Gasteiger partial charge is 0.274 e. The van der Waals surface area contributed by atoms with Crippen LogP contribution < -0.4 is 4.90 Å². The minimum atomic E-state index is -4.49. The third-order valence-corrected chi connectivity index (χ3v) is 9.69. The second-order valence-corrected chi connectivity index (χ2v) is 11.9. The van der Waals surface area contributed by atoms with Crippen LogP contribution in [-0.2, 0) is 24.4 Å². The van der Waals surface area contributed by atoms with Gasteiger partial charge in [-0.3, -0.25) is 14.4 Å². The van der Waals surface area contributed by atoms with Gasteiger partial charge in [0.2, 0.25) is 11.8 Å². The molecule has 2 aromatic carbocycles.